The molecule has 0 saturated carbocycles. The monoisotopic (exact) mass is 530 g/mol. The molecule has 0 spiro atoms. The van der Waals surface area contributed by atoms with E-state index >= 15 is 0 Å². The molecule has 0 amide bonds. The Morgan fingerprint density at radius 3 is 1.50 bits per heavy atom. The zero-order valence-electron chi connectivity index (χ0n) is 24.1. The van der Waals surface area contributed by atoms with E-state index in [4.69, 9.17) is 9.47 Å². The van der Waals surface area contributed by atoms with Crippen molar-refractivity contribution in [2.75, 3.05) is 26.3 Å². The third kappa shape index (κ3) is 20.8. The van der Waals surface area contributed by atoms with Crippen molar-refractivity contribution in [1.82, 2.24) is 10.6 Å². The summed E-state index contributed by atoms with van der Waals surface area (Å²) in [5.41, 5.74) is 0. The lowest BCUT2D eigenvalue weighted by atomic mass is 10.1. The van der Waals surface area contributed by atoms with Crippen LogP contribution in [0.3, 0.4) is 0 Å². The Morgan fingerprint density at radius 1 is 0.658 bits per heavy atom. The van der Waals surface area contributed by atoms with Crippen LogP contribution in [0.25, 0.3) is 0 Å². The summed E-state index contributed by atoms with van der Waals surface area (Å²) < 4.78 is 10.8. The van der Waals surface area contributed by atoms with Gasteiger partial charge >= 0.3 is 11.9 Å². The van der Waals surface area contributed by atoms with Crippen LogP contribution in [0.4, 0.5) is 0 Å². The molecule has 0 aromatic carbocycles. The second-order valence-electron chi connectivity index (χ2n) is 9.93. The Hall–Kier alpha value is -2.18. The predicted molar refractivity (Wildman–Crippen MR) is 158 cm³/mol. The molecule has 0 saturated heterocycles. The van der Waals surface area contributed by atoms with E-state index < -0.39 is 0 Å². The first kappa shape index (κ1) is 33.8. The highest BCUT2D eigenvalue weighted by Crippen LogP contribution is 2.06. The Kier molecular flexibility index (Phi) is 22.4. The molecule has 6 nitrogen and oxygen atoms in total. The Balaban J connectivity index is 2.52. The van der Waals surface area contributed by atoms with E-state index in [-0.39, 0.29) is 11.9 Å². The minimum Gasteiger partial charge on any atom is -0.464 e. The number of hydrogen-bond acceptors (Lipinski definition) is 6. The summed E-state index contributed by atoms with van der Waals surface area (Å²) in [4.78, 5) is 24.0. The third-order valence-electron chi connectivity index (χ3n) is 6.43. The van der Waals surface area contributed by atoms with Crippen molar-refractivity contribution in [3.05, 3.63) is 48.6 Å². The summed E-state index contributed by atoms with van der Waals surface area (Å²) in [6, 6.07) is 0.800. The van der Waals surface area contributed by atoms with Crippen molar-refractivity contribution < 1.29 is 19.1 Å². The van der Waals surface area contributed by atoms with Crippen LogP contribution in [-0.2, 0) is 19.1 Å². The first-order chi connectivity index (χ1) is 18.7. The molecule has 1 rings (SSSR count). The minimum atomic E-state index is -0.109. The number of esters is 2. The van der Waals surface area contributed by atoms with E-state index in [1.165, 1.54) is 0 Å². The van der Waals surface area contributed by atoms with Crippen LogP contribution in [0.15, 0.2) is 48.6 Å². The largest absolute Gasteiger partial charge is 0.464 e. The van der Waals surface area contributed by atoms with Gasteiger partial charge in [-0.05, 0) is 64.2 Å². The van der Waals surface area contributed by atoms with E-state index in [2.05, 4.69) is 73.1 Å². The molecule has 1 heterocycles. The quantitative estimate of drug-likeness (QED) is 0.310. The summed E-state index contributed by atoms with van der Waals surface area (Å²) in [6.45, 7) is 6.61. The molecule has 0 aliphatic carbocycles. The number of allylic oxidation sites excluding steroid dienone is 6. The maximum absolute atomic E-state index is 12.0. The van der Waals surface area contributed by atoms with Crippen LogP contribution < -0.4 is 10.6 Å². The Morgan fingerprint density at radius 2 is 1.08 bits per heavy atom. The van der Waals surface area contributed by atoms with E-state index in [9.17, 15) is 9.59 Å². The molecule has 0 fully saturated rings. The zero-order chi connectivity index (χ0) is 27.5. The lowest BCUT2D eigenvalue weighted by Crippen LogP contribution is -2.32. The predicted octanol–water partition coefficient (Wildman–Crippen LogP) is 6.73. The Labute approximate surface area is 232 Å². The molecule has 0 aromatic rings. The van der Waals surface area contributed by atoms with Gasteiger partial charge in [-0.15, -0.1) is 0 Å². The van der Waals surface area contributed by atoms with Crippen LogP contribution in [0, 0.1) is 0 Å². The summed E-state index contributed by atoms with van der Waals surface area (Å²) >= 11 is 0. The van der Waals surface area contributed by atoms with Crippen molar-refractivity contribution in [3.63, 3.8) is 0 Å². The SMILES string of the molecule is CCCC1C/C=C\C/C=C/CCCC(=O)OCCNC(CCC)C/C=C\C/C=C/CCCC(=O)OCCN1. The maximum atomic E-state index is 12.0. The molecular weight excluding hydrogens is 476 g/mol. The molecule has 0 aromatic heterocycles. The van der Waals surface area contributed by atoms with Gasteiger partial charge in [0.2, 0.25) is 0 Å². The van der Waals surface area contributed by atoms with Gasteiger partial charge < -0.3 is 20.1 Å². The van der Waals surface area contributed by atoms with Gasteiger partial charge in [-0.25, -0.2) is 0 Å². The van der Waals surface area contributed by atoms with Crippen LogP contribution in [0.2, 0.25) is 0 Å². The molecule has 0 bridgehead atoms. The van der Waals surface area contributed by atoms with Crippen molar-refractivity contribution in [3.8, 4) is 0 Å². The first-order valence-corrected chi connectivity index (χ1v) is 15.0. The van der Waals surface area contributed by atoms with Gasteiger partial charge in [0.05, 0.1) is 0 Å². The topological polar surface area (TPSA) is 76.7 Å². The molecule has 216 valence electrons. The van der Waals surface area contributed by atoms with Crippen LogP contribution in [0.1, 0.15) is 104 Å². The van der Waals surface area contributed by atoms with E-state index in [1.54, 1.807) is 0 Å². The fourth-order valence-corrected chi connectivity index (χ4v) is 4.33. The molecular formula is C32H54N2O4. The molecule has 2 atom stereocenters. The molecule has 38 heavy (non-hydrogen) atoms. The number of carbonyl (C=O) groups excluding carboxylic acids is 2. The van der Waals surface area contributed by atoms with Gasteiger partial charge in [0.15, 0.2) is 0 Å². The normalized spacial score (nSPS) is 26.8. The Bertz CT molecular complexity index is 654. The van der Waals surface area contributed by atoms with Crippen molar-refractivity contribution in [1.29, 1.82) is 0 Å². The van der Waals surface area contributed by atoms with Gasteiger partial charge in [0.25, 0.3) is 0 Å². The molecule has 0 radical (unpaired) electrons. The fourth-order valence-electron chi connectivity index (χ4n) is 4.33. The lowest BCUT2D eigenvalue weighted by Gasteiger charge is -2.16. The smallest absolute Gasteiger partial charge is 0.305 e. The minimum absolute atomic E-state index is 0.109. The lowest BCUT2D eigenvalue weighted by molar-refractivity contribution is -0.144. The average Bonchev–Trinajstić information content (AvgIpc) is 2.90. The van der Waals surface area contributed by atoms with Gasteiger partial charge in [-0.2, -0.15) is 0 Å². The number of carbonyl (C=O) groups is 2. The standard InChI is InChI=1S/C32H54N2O4/c1-3-19-29-21-15-11-7-5-9-13-18-24-32(36)38-28-26-34-30(20-4-2)22-16-12-8-6-10-14-17-23-31(35)37-27-25-33-29/h5-6,9-12,15-16,29-30,33-34H,3-4,7-8,13-14,17-28H2,1-2H3/b9-5+,10-6+,15-11-,16-12-. The second-order valence-corrected chi connectivity index (χ2v) is 9.93. The molecule has 1 aliphatic rings. The molecule has 1 aliphatic heterocycles. The number of rotatable bonds is 4. The van der Waals surface area contributed by atoms with Gasteiger partial charge in [0, 0.05) is 38.0 Å². The molecule has 2 N–H and O–H groups in total. The van der Waals surface area contributed by atoms with E-state index in [0.29, 0.717) is 51.2 Å². The van der Waals surface area contributed by atoms with E-state index in [0.717, 1.165) is 77.0 Å². The zero-order valence-corrected chi connectivity index (χ0v) is 24.1. The van der Waals surface area contributed by atoms with Crippen molar-refractivity contribution in [2.24, 2.45) is 0 Å². The van der Waals surface area contributed by atoms with Crippen LogP contribution in [-0.4, -0.2) is 50.3 Å². The van der Waals surface area contributed by atoms with Crippen LogP contribution >= 0.6 is 0 Å². The summed E-state index contributed by atoms with van der Waals surface area (Å²) in [5, 5.41) is 7.05. The maximum Gasteiger partial charge on any atom is 0.305 e. The van der Waals surface area contributed by atoms with E-state index in [1.807, 2.05) is 0 Å². The first-order valence-electron chi connectivity index (χ1n) is 15.0. The highest BCUT2D eigenvalue weighted by Gasteiger charge is 2.07. The highest BCUT2D eigenvalue weighted by molar-refractivity contribution is 5.69. The highest BCUT2D eigenvalue weighted by atomic mass is 16.5. The molecule has 2 unspecified atom stereocenters. The number of ether oxygens (including phenoxy) is 2. The summed E-state index contributed by atoms with van der Waals surface area (Å²) in [6.07, 6.45) is 30.0. The third-order valence-corrected chi connectivity index (χ3v) is 6.43. The number of hydrogen-bond donors (Lipinski definition) is 2. The molecule has 6 heteroatoms. The number of nitrogens with one attached hydrogen (secondary N) is 2. The summed E-state index contributed by atoms with van der Waals surface area (Å²) in [7, 11) is 0. The van der Waals surface area contributed by atoms with Gasteiger partial charge in [-0.3, -0.25) is 9.59 Å². The average molecular weight is 531 g/mol. The van der Waals surface area contributed by atoms with Crippen molar-refractivity contribution >= 4 is 11.9 Å². The number of cyclic esters (lactones) is 2. The van der Waals surface area contributed by atoms with Crippen LogP contribution in [0.5, 0.6) is 0 Å². The van der Waals surface area contributed by atoms with Gasteiger partial charge in [0.1, 0.15) is 13.2 Å². The second kappa shape index (κ2) is 25.1. The fraction of sp³-hybridized carbons (Fsp3) is 0.688. The summed E-state index contributed by atoms with van der Waals surface area (Å²) in [5.74, 6) is -0.217. The van der Waals surface area contributed by atoms with Gasteiger partial charge in [-0.1, -0.05) is 75.3 Å². The van der Waals surface area contributed by atoms with Crippen molar-refractivity contribution in [2.45, 2.75) is 116 Å².